The van der Waals surface area contributed by atoms with Crippen molar-refractivity contribution in [2.75, 3.05) is 0 Å². The number of nitrogens with one attached hydrogen (secondary N) is 2. The molecule has 0 bridgehead atoms. The van der Waals surface area contributed by atoms with Crippen molar-refractivity contribution in [2.45, 2.75) is 18.5 Å². The van der Waals surface area contributed by atoms with E-state index in [-0.39, 0.29) is 17.8 Å². The van der Waals surface area contributed by atoms with Crippen molar-refractivity contribution in [3.63, 3.8) is 0 Å². The molecular weight excluding hydrogens is 310 g/mol. The van der Waals surface area contributed by atoms with Crippen LogP contribution in [0.4, 0.5) is 4.79 Å². The van der Waals surface area contributed by atoms with Gasteiger partial charge in [0.25, 0.3) is 0 Å². The fourth-order valence-corrected chi connectivity index (χ4v) is 2.43. The summed E-state index contributed by atoms with van der Waals surface area (Å²) in [5.41, 5.74) is 7.56. The van der Waals surface area contributed by atoms with E-state index in [0.717, 1.165) is 12.0 Å². The van der Waals surface area contributed by atoms with Crippen molar-refractivity contribution in [1.29, 1.82) is 0 Å². The molecule has 2 aromatic heterocycles. The van der Waals surface area contributed by atoms with Gasteiger partial charge in [-0.25, -0.2) is 9.78 Å². The van der Waals surface area contributed by atoms with Crippen molar-refractivity contribution in [1.82, 2.24) is 20.5 Å². The third kappa shape index (κ3) is 2.74. The van der Waals surface area contributed by atoms with E-state index in [9.17, 15) is 9.90 Å². The third-order valence-electron chi connectivity index (χ3n) is 3.89. The topological polar surface area (TPSA) is 126 Å². The van der Waals surface area contributed by atoms with Crippen molar-refractivity contribution in [3.05, 3.63) is 36.5 Å². The molecule has 8 nitrogen and oxygen atoms in total. The van der Waals surface area contributed by atoms with Crippen molar-refractivity contribution in [3.8, 4) is 22.8 Å². The number of nitrogens with two attached hydrogens (primary N) is 1. The maximum absolute atomic E-state index is 12.0. The average Bonchev–Trinajstić information content (AvgIpc) is 3.05. The largest absolute Gasteiger partial charge is 0.508 e. The van der Waals surface area contributed by atoms with Gasteiger partial charge in [0.05, 0.1) is 17.3 Å². The zero-order chi connectivity index (χ0) is 16.7. The molecule has 1 amide bonds. The maximum atomic E-state index is 12.0. The Morgan fingerprint density at radius 3 is 2.83 bits per heavy atom. The lowest BCUT2D eigenvalue weighted by atomic mass is 10.1. The first kappa shape index (κ1) is 14.5. The number of hydrogen-bond donors (Lipinski definition) is 4. The van der Waals surface area contributed by atoms with Crippen LogP contribution >= 0.6 is 0 Å². The highest BCUT2D eigenvalue weighted by atomic mass is 16.6. The number of rotatable bonds is 3. The molecule has 24 heavy (non-hydrogen) atoms. The second-order valence-corrected chi connectivity index (χ2v) is 5.72. The fraction of sp³-hybridized carbons (Fsp3) is 0.188. The molecule has 5 N–H and O–H groups in total. The van der Waals surface area contributed by atoms with E-state index in [2.05, 4.69) is 20.5 Å². The normalized spacial score (nSPS) is 19.2. The number of pyridine rings is 1. The van der Waals surface area contributed by atoms with E-state index in [0.29, 0.717) is 22.5 Å². The Kier molecular flexibility index (Phi) is 3.31. The standard InChI is InChI=1S/C16H15N5O3/c17-11-5-13(11)20-16(23)24-14-6-12(8-1-3-9(22)4-2-8)19-15-10(14)7-18-21-15/h1-4,6-7,11,13,22H,5,17H2,(H,20,23)(H,18,19,21)/t11-,13-/m1/s1. The summed E-state index contributed by atoms with van der Waals surface area (Å²) in [5.74, 6) is 0.515. The van der Waals surface area contributed by atoms with E-state index in [1.54, 1.807) is 36.5 Å². The van der Waals surface area contributed by atoms with Crippen molar-refractivity contribution in [2.24, 2.45) is 5.73 Å². The van der Waals surface area contributed by atoms with Crippen LogP contribution < -0.4 is 15.8 Å². The number of carbonyl (C=O) groups is 1. The third-order valence-corrected chi connectivity index (χ3v) is 3.89. The number of fused-ring (bicyclic) bond motifs is 1. The molecule has 0 spiro atoms. The first-order chi connectivity index (χ1) is 11.6. The quantitative estimate of drug-likeness (QED) is 0.578. The number of aromatic amines is 1. The molecule has 122 valence electrons. The fourth-order valence-electron chi connectivity index (χ4n) is 2.43. The smallest absolute Gasteiger partial charge is 0.412 e. The van der Waals surface area contributed by atoms with E-state index >= 15 is 0 Å². The molecule has 1 aromatic carbocycles. The second kappa shape index (κ2) is 5.50. The van der Waals surface area contributed by atoms with Crippen LogP contribution in [-0.4, -0.2) is 38.5 Å². The summed E-state index contributed by atoms with van der Waals surface area (Å²) >= 11 is 0. The molecule has 1 saturated carbocycles. The molecular formula is C16H15N5O3. The van der Waals surface area contributed by atoms with E-state index in [4.69, 9.17) is 10.5 Å². The van der Waals surface area contributed by atoms with Gasteiger partial charge in [-0.05, 0) is 30.7 Å². The Balaban J connectivity index is 1.67. The van der Waals surface area contributed by atoms with Gasteiger partial charge in [0, 0.05) is 23.7 Å². The Labute approximate surface area is 136 Å². The van der Waals surface area contributed by atoms with Gasteiger partial charge in [-0.2, -0.15) is 5.10 Å². The Hall–Kier alpha value is -3.13. The molecule has 0 unspecified atom stereocenters. The SMILES string of the molecule is N[C@@H]1C[C@H]1NC(=O)Oc1cc(-c2ccc(O)cc2)nc2[nH]ncc12. The number of aromatic nitrogens is 3. The predicted octanol–water partition coefficient (Wildman–Crippen LogP) is 1.52. The van der Waals surface area contributed by atoms with Gasteiger partial charge in [0.2, 0.25) is 0 Å². The molecule has 1 aliphatic carbocycles. The Bertz CT molecular complexity index is 906. The molecule has 1 fully saturated rings. The number of amides is 1. The zero-order valence-electron chi connectivity index (χ0n) is 12.6. The molecule has 1 aliphatic rings. The molecule has 0 aliphatic heterocycles. The lowest BCUT2D eigenvalue weighted by molar-refractivity contribution is 0.200. The summed E-state index contributed by atoms with van der Waals surface area (Å²) in [6.45, 7) is 0. The number of carbonyl (C=O) groups excluding carboxylic acids is 1. The lowest BCUT2D eigenvalue weighted by Gasteiger charge is -2.09. The Morgan fingerprint density at radius 2 is 2.12 bits per heavy atom. The van der Waals surface area contributed by atoms with Gasteiger partial charge >= 0.3 is 6.09 Å². The number of H-pyrrole nitrogens is 1. The van der Waals surface area contributed by atoms with Crippen LogP contribution in [0.5, 0.6) is 11.5 Å². The number of benzene rings is 1. The van der Waals surface area contributed by atoms with E-state index in [1.807, 2.05) is 0 Å². The summed E-state index contributed by atoms with van der Waals surface area (Å²) in [4.78, 5) is 16.5. The number of aromatic hydroxyl groups is 1. The van der Waals surface area contributed by atoms with E-state index in [1.165, 1.54) is 0 Å². The van der Waals surface area contributed by atoms with Crippen LogP contribution in [0.25, 0.3) is 22.3 Å². The molecule has 2 atom stereocenters. The van der Waals surface area contributed by atoms with Crippen LogP contribution in [0.3, 0.4) is 0 Å². The van der Waals surface area contributed by atoms with Crippen molar-refractivity contribution >= 4 is 17.1 Å². The van der Waals surface area contributed by atoms with Crippen LogP contribution in [0.2, 0.25) is 0 Å². The van der Waals surface area contributed by atoms with Crippen LogP contribution in [0.15, 0.2) is 36.5 Å². The highest BCUT2D eigenvalue weighted by molar-refractivity contribution is 5.87. The van der Waals surface area contributed by atoms with Gasteiger partial charge in [-0.3, -0.25) is 5.10 Å². The molecule has 4 rings (SSSR count). The number of phenolic OH excluding ortho intramolecular Hbond substituents is 1. The average molecular weight is 325 g/mol. The minimum atomic E-state index is -0.557. The highest BCUT2D eigenvalue weighted by Crippen LogP contribution is 2.30. The summed E-state index contributed by atoms with van der Waals surface area (Å²) in [5, 5.41) is 19.4. The van der Waals surface area contributed by atoms with Gasteiger partial charge < -0.3 is 20.9 Å². The monoisotopic (exact) mass is 325 g/mol. The number of hydrogen-bond acceptors (Lipinski definition) is 6. The van der Waals surface area contributed by atoms with Crippen LogP contribution in [0, 0.1) is 0 Å². The first-order valence-electron chi connectivity index (χ1n) is 7.47. The lowest BCUT2D eigenvalue weighted by Crippen LogP contribution is -2.32. The summed E-state index contributed by atoms with van der Waals surface area (Å²) in [6.07, 6.45) is 1.75. The number of nitrogens with zero attached hydrogens (tertiary/aromatic N) is 2. The van der Waals surface area contributed by atoms with Crippen molar-refractivity contribution < 1.29 is 14.6 Å². The van der Waals surface area contributed by atoms with Crippen LogP contribution in [0.1, 0.15) is 6.42 Å². The highest BCUT2D eigenvalue weighted by Gasteiger charge is 2.35. The van der Waals surface area contributed by atoms with Gasteiger partial charge in [0.1, 0.15) is 11.5 Å². The molecule has 8 heteroatoms. The minimum Gasteiger partial charge on any atom is -0.508 e. The molecule has 3 aromatic rings. The number of phenols is 1. The molecule has 0 saturated heterocycles. The molecule has 2 heterocycles. The van der Waals surface area contributed by atoms with Gasteiger partial charge in [-0.15, -0.1) is 0 Å². The summed E-state index contributed by atoms with van der Waals surface area (Å²) in [6, 6.07) is 8.22. The minimum absolute atomic E-state index is 0.00325. The van der Waals surface area contributed by atoms with Gasteiger partial charge in [-0.1, -0.05) is 0 Å². The maximum Gasteiger partial charge on any atom is 0.412 e. The molecule has 0 radical (unpaired) electrons. The summed E-state index contributed by atoms with van der Waals surface area (Å²) in [7, 11) is 0. The van der Waals surface area contributed by atoms with E-state index < -0.39 is 6.09 Å². The zero-order valence-corrected chi connectivity index (χ0v) is 12.6. The Morgan fingerprint density at radius 1 is 1.38 bits per heavy atom. The number of ether oxygens (including phenoxy) is 1. The first-order valence-corrected chi connectivity index (χ1v) is 7.47. The van der Waals surface area contributed by atoms with Crippen LogP contribution in [-0.2, 0) is 0 Å². The summed E-state index contributed by atoms with van der Waals surface area (Å²) < 4.78 is 5.42. The predicted molar refractivity (Wildman–Crippen MR) is 86.5 cm³/mol. The van der Waals surface area contributed by atoms with Gasteiger partial charge in [0.15, 0.2) is 5.65 Å². The second-order valence-electron chi connectivity index (χ2n) is 5.72.